The highest BCUT2D eigenvalue weighted by atomic mass is 79.9. The summed E-state index contributed by atoms with van der Waals surface area (Å²) < 4.78 is 6.20. The van der Waals surface area contributed by atoms with Crippen molar-refractivity contribution in [3.05, 3.63) is 64.1 Å². The minimum atomic E-state index is -0.118. The summed E-state index contributed by atoms with van der Waals surface area (Å²) in [6, 6.07) is 16.0. The lowest BCUT2D eigenvalue weighted by Crippen LogP contribution is -2.11. The van der Waals surface area contributed by atoms with Crippen LogP contribution >= 0.6 is 15.9 Å². The van der Waals surface area contributed by atoms with Gasteiger partial charge in [0.15, 0.2) is 12.4 Å². The van der Waals surface area contributed by atoms with Gasteiger partial charge in [-0.3, -0.25) is 4.79 Å². The van der Waals surface area contributed by atoms with Gasteiger partial charge in [0, 0.05) is 10.0 Å². The van der Waals surface area contributed by atoms with Crippen LogP contribution in [0.3, 0.4) is 0 Å². The van der Waals surface area contributed by atoms with Crippen LogP contribution in [0.25, 0.3) is 0 Å². The largest absolute Gasteiger partial charge is 0.484 e. The van der Waals surface area contributed by atoms with Gasteiger partial charge in [-0.1, -0.05) is 46.3 Å². The lowest BCUT2D eigenvalue weighted by Gasteiger charge is -2.07. The van der Waals surface area contributed by atoms with Gasteiger partial charge in [0.1, 0.15) is 11.8 Å². The van der Waals surface area contributed by atoms with Crippen molar-refractivity contribution >= 4 is 21.7 Å². The Morgan fingerprint density at radius 2 is 1.95 bits per heavy atom. The maximum Gasteiger partial charge on any atom is 0.200 e. The van der Waals surface area contributed by atoms with Gasteiger partial charge in [-0.15, -0.1) is 0 Å². The number of rotatable bonds is 4. The Balaban J connectivity index is 2.08. The van der Waals surface area contributed by atoms with Crippen LogP contribution in [-0.4, -0.2) is 12.4 Å². The maximum atomic E-state index is 11.9. The van der Waals surface area contributed by atoms with E-state index in [2.05, 4.69) is 15.9 Å². The van der Waals surface area contributed by atoms with Crippen LogP contribution < -0.4 is 4.74 Å². The number of ketones is 1. The van der Waals surface area contributed by atoms with E-state index in [0.29, 0.717) is 16.9 Å². The fraction of sp³-hybridized carbons (Fsp3) is 0.0667. The zero-order valence-corrected chi connectivity index (χ0v) is 11.6. The molecule has 94 valence electrons. The number of ether oxygens (including phenoxy) is 1. The molecule has 2 aromatic carbocycles. The standard InChI is InChI=1S/C15H10BrNO2/c16-13-6-7-15(12(8-13)9-17)19-10-14(18)11-4-2-1-3-5-11/h1-8H,10H2. The fourth-order valence-electron chi connectivity index (χ4n) is 1.57. The van der Waals surface area contributed by atoms with E-state index in [1.54, 1.807) is 42.5 Å². The minimum absolute atomic E-state index is 0.0830. The Labute approximate surface area is 119 Å². The van der Waals surface area contributed by atoms with Gasteiger partial charge < -0.3 is 4.74 Å². The molecule has 0 saturated heterocycles. The smallest absolute Gasteiger partial charge is 0.200 e. The van der Waals surface area contributed by atoms with Crippen LogP contribution in [0.4, 0.5) is 0 Å². The first-order valence-corrected chi connectivity index (χ1v) is 6.40. The summed E-state index contributed by atoms with van der Waals surface area (Å²) in [5, 5.41) is 8.99. The van der Waals surface area contributed by atoms with Gasteiger partial charge in [-0.25, -0.2) is 0 Å². The van der Waals surface area contributed by atoms with Crippen LogP contribution in [0.2, 0.25) is 0 Å². The third-order valence-corrected chi connectivity index (χ3v) is 3.01. The van der Waals surface area contributed by atoms with Gasteiger partial charge in [0.2, 0.25) is 0 Å². The van der Waals surface area contributed by atoms with Gasteiger partial charge in [0.05, 0.1) is 5.56 Å². The molecule has 0 atom stereocenters. The van der Waals surface area contributed by atoms with E-state index >= 15 is 0 Å². The molecular weight excluding hydrogens is 306 g/mol. The van der Waals surface area contributed by atoms with Crippen LogP contribution in [0.15, 0.2) is 53.0 Å². The Kier molecular flexibility index (Phi) is 4.32. The quantitative estimate of drug-likeness (QED) is 0.810. The van der Waals surface area contributed by atoms with Crippen LogP contribution in [0.1, 0.15) is 15.9 Å². The zero-order valence-electron chi connectivity index (χ0n) is 9.97. The number of halogens is 1. The van der Waals surface area contributed by atoms with Crippen LogP contribution in [-0.2, 0) is 0 Å². The van der Waals surface area contributed by atoms with E-state index in [4.69, 9.17) is 10.00 Å². The molecule has 0 radical (unpaired) electrons. The van der Waals surface area contributed by atoms with Crippen molar-refractivity contribution in [1.29, 1.82) is 5.26 Å². The van der Waals surface area contributed by atoms with E-state index < -0.39 is 0 Å². The highest BCUT2D eigenvalue weighted by Crippen LogP contribution is 2.22. The molecule has 0 bridgehead atoms. The predicted octanol–water partition coefficient (Wildman–Crippen LogP) is 3.58. The second kappa shape index (κ2) is 6.17. The number of carbonyl (C=O) groups excluding carboxylic acids is 1. The lowest BCUT2D eigenvalue weighted by molar-refractivity contribution is 0.0921. The number of carbonyl (C=O) groups is 1. The van der Waals surface area contributed by atoms with Crippen molar-refractivity contribution in [1.82, 2.24) is 0 Å². The van der Waals surface area contributed by atoms with E-state index in [1.807, 2.05) is 12.1 Å². The molecule has 0 fully saturated rings. The highest BCUT2D eigenvalue weighted by molar-refractivity contribution is 9.10. The molecule has 2 aromatic rings. The number of hydrogen-bond donors (Lipinski definition) is 0. The number of nitriles is 1. The topological polar surface area (TPSA) is 50.1 Å². The molecule has 19 heavy (non-hydrogen) atoms. The molecule has 0 aliphatic rings. The predicted molar refractivity (Wildman–Crippen MR) is 75.1 cm³/mol. The minimum Gasteiger partial charge on any atom is -0.484 e. The number of Topliss-reactive ketones (excluding diaryl/α,β-unsaturated/α-hetero) is 1. The molecule has 0 aliphatic carbocycles. The molecule has 0 aromatic heterocycles. The summed E-state index contributed by atoms with van der Waals surface area (Å²) in [5.74, 6) is 0.294. The van der Waals surface area contributed by atoms with Crippen molar-refractivity contribution in [3.8, 4) is 11.8 Å². The first-order valence-electron chi connectivity index (χ1n) is 5.61. The normalized spacial score (nSPS) is 9.68. The molecule has 0 amide bonds. The van der Waals surface area contributed by atoms with E-state index in [-0.39, 0.29) is 12.4 Å². The first-order chi connectivity index (χ1) is 9.20. The van der Waals surface area contributed by atoms with Gasteiger partial charge in [-0.05, 0) is 18.2 Å². The van der Waals surface area contributed by atoms with E-state index in [9.17, 15) is 4.79 Å². The number of benzene rings is 2. The van der Waals surface area contributed by atoms with Gasteiger partial charge in [-0.2, -0.15) is 5.26 Å². The van der Waals surface area contributed by atoms with Crippen molar-refractivity contribution < 1.29 is 9.53 Å². The van der Waals surface area contributed by atoms with Crippen molar-refractivity contribution in [2.45, 2.75) is 0 Å². The van der Waals surface area contributed by atoms with Crippen LogP contribution in [0, 0.1) is 11.3 Å². The Hall–Kier alpha value is -2.12. The molecule has 0 aliphatic heterocycles. The lowest BCUT2D eigenvalue weighted by atomic mass is 10.1. The van der Waals surface area contributed by atoms with Crippen molar-refractivity contribution in [2.75, 3.05) is 6.61 Å². The van der Waals surface area contributed by atoms with E-state index in [1.165, 1.54) is 0 Å². The van der Waals surface area contributed by atoms with Gasteiger partial charge in [0.25, 0.3) is 0 Å². The Morgan fingerprint density at radius 1 is 1.21 bits per heavy atom. The third kappa shape index (κ3) is 3.43. The molecule has 0 spiro atoms. The SMILES string of the molecule is N#Cc1cc(Br)ccc1OCC(=O)c1ccccc1. The second-order valence-corrected chi connectivity index (χ2v) is 4.75. The van der Waals surface area contributed by atoms with Crippen molar-refractivity contribution in [2.24, 2.45) is 0 Å². The molecule has 0 saturated carbocycles. The van der Waals surface area contributed by atoms with Gasteiger partial charge >= 0.3 is 0 Å². The van der Waals surface area contributed by atoms with Crippen molar-refractivity contribution in [3.63, 3.8) is 0 Å². The third-order valence-electron chi connectivity index (χ3n) is 2.52. The molecule has 0 unspecified atom stereocenters. The maximum absolute atomic E-state index is 11.9. The summed E-state index contributed by atoms with van der Waals surface area (Å²) in [6.45, 7) is -0.0830. The second-order valence-electron chi connectivity index (χ2n) is 3.83. The number of hydrogen-bond acceptors (Lipinski definition) is 3. The fourth-order valence-corrected chi connectivity index (χ4v) is 1.93. The summed E-state index contributed by atoms with van der Waals surface area (Å²) in [6.07, 6.45) is 0. The highest BCUT2D eigenvalue weighted by Gasteiger charge is 2.09. The molecule has 0 heterocycles. The summed E-state index contributed by atoms with van der Waals surface area (Å²) in [7, 11) is 0. The first kappa shape index (κ1) is 13.3. The molecule has 2 rings (SSSR count). The summed E-state index contributed by atoms with van der Waals surface area (Å²) >= 11 is 3.28. The van der Waals surface area contributed by atoms with E-state index in [0.717, 1.165) is 4.47 Å². The molecule has 0 N–H and O–H groups in total. The molecule has 4 heteroatoms. The monoisotopic (exact) mass is 315 g/mol. The summed E-state index contributed by atoms with van der Waals surface area (Å²) in [4.78, 5) is 11.9. The molecular formula is C15H10BrNO2. The average molecular weight is 316 g/mol. The Bertz CT molecular complexity index is 632. The summed E-state index contributed by atoms with van der Waals surface area (Å²) in [5.41, 5.74) is 0.994. The zero-order chi connectivity index (χ0) is 13.7. The Morgan fingerprint density at radius 3 is 2.63 bits per heavy atom. The molecule has 3 nitrogen and oxygen atoms in total. The average Bonchev–Trinajstić information content (AvgIpc) is 2.46. The number of nitrogens with zero attached hydrogens (tertiary/aromatic N) is 1. The van der Waals surface area contributed by atoms with Crippen LogP contribution in [0.5, 0.6) is 5.75 Å².